The third-order valence-corrected chi connectivity index (χ3v) is 5.72. The zero-order chi connectivity index (χ0) is 19.4. The number of piperazine rings is 1. The van der Waals surface area contributed by atoms with E-state index in [9.17, 15) is 18.4 Å². The Morgan fingerprint density at radius 2 is 1.86 bits per heavy atom. The van der Waals surface area contributed by atoms with Crippen LogP contribution in [0.4, 0.5) is 8.78 Å². The summed E-state index contributed by atoms with van der Waals surface area (Å²) in [6.07, 6.45) is 2.84. The number of amides is 2. The van der Waals surface area contributed by atoms with Gasteiger partial charge in [0.2, 0.25) is 5.91 Å². The smallest absolute Gasteiger partial charge is 0.256 e. The van der Waals surface area contributed by atoms with Crippen molar-refractivity contribution in [2.45, 2.75) is 26.2 Å². The van der Waals surface area contributed by atoms with Crippen molar-refractivity contribution in [3.63, 3.8) is 0 Å². The molecule has 2 heterocycles. The van der Waals surface area contributed by atoms with Crippen LogP contribution in [0.3, 0.4) is 0 Å². The average molecular weight is 416 g/mol. The molecule has 1 aromatic rings. The quantitative estimate of drug-likeness (QED) is 0.822. The van der Waals surface area contributed by atoms with E-state index < -0.39 is 17.5 Å². The second-order valence-corrected chi connectivity index (χ2v) is 7.58. The van der Waals surface area contributed by atoms with Crippen LogP contribution in [-0.4, -0.2) is 60.9 Å². The molecule has 3 rings (SSSR count). The van der Waals surface area contributed by atoms with Gasteiger partial charge in [-0.05, 0) is 49.9 Å². The molecule has 1 aromatic carbocycles. The molecule has 2 saturated heterocycles. The zero-order valence-corrected chi connectivity index (χ0v) is 16.9. The second-order valence-electron chi connectivity index (χ2n) is 7.58. The Morgan fingerprint density at radius 1 is 1.18 bits per heavy atom. The van der Waals surface area contributed by atoms with Gasteiger partial charge in [-0.15, -0.1) is 12.4 Å². The average Bonchev–Trinajstić information content (AvgIpc) is 2.68. The van der Waals surface area contributed by atoms with Crippen LogP contribution in [0.2, 0.25) is 0 Å². The van der Waals surface area contributed by atoms with Crippen molar-refractivity contribution >= 4 is 24.2 Å². The van der Waals surface area contributed by atoms with Crippen LogP contribution in [0, 0.1) is 23.5 Å². The van der Waals surface area contributed by atoms with Gasteiger partial charge in [0.15, 0.2) is 0 Å². The summed E-state index contributed by atoms with van der Waals surface area (Å²) in [6, 6.07) is 2.97. The fourth-order valence-corrected chi connectivity index (χ4v) is 3.93. The number of carbonyl (C=O) groups excluding carboxylic acids is 2. The molecule has 0 bridgehead atoms. The summed E-state index contributed by atoms with van der Waals surface area (Å²) in [5.74, 6) is -1.03. The van der Waals surface area contributed by atoms with Gasteiger partial charge in [-0.2, -0.15) is 0 Å². The van der Waals surface area contributed by atoms with Gasteiger partial charge < -0.3 is 15.1 Å². The molecule has 0 spiro atoms. The molecule has 0 radical (unpaired) electrons. The van der Waals surface area contributed by atoms with Crippen LogP contribution in [0.5, 0.6) is 0 Å². The molecule has 0 saturated carbocycles. The fourth-order valence-electron chi connectivity index (χ4n) is 3.93. The molecule has 2 atom stereocenters. The van der Waals surface area contributed by atoms with Crippen LogP contribution in [0.1, 0.15) is 36.5 Å². The van der Waals surface area contributed by atoms with E-state index in [0.29, 0.717) is 50.5 Å². The molecule has 0 aliphatic carbocycles. The summed E-state index contributed by atoms with van der Waals surface area (Å²) < 4.78 is 26.8. The minimum atomic E-state index is -0.853. The number of benzene rings is 1. The van der Waals surface area contributed by atoms with Gasteiger partial charge >= 0.3 is 0 Å². The summed E-state index contributed by atoms with van der Waals surface area (Å²) in [5, 5.41) is 3.39. The number of nitrogens with zero attached hydrogens (tertiary/aromatic N) is 2. The minimum absolute atomic E-state index is 0. The normalized spacial score (nSPS) is 21.0. The number of hydrogen-bond donors (Lipinski definition) is 1. The second kappa shape index (κ2) is 10.2. The molecule has 156 valence electrons. The third kappa shape index (κ3) is 5.41. The molecular formula is C20H28ClF2N3O2. The number of halogens is 3. The predicted octanol–water partition coefficient (Wildman–Crippen LogP) is 2.70. The standard InChI is InChI=1S/C20H27F2N3O2.ClH/c1-14(15-3-2-6-23-13-15)11-19(26)24-7-9-25(10-8-24)20(27)17-5-4-16(21)12-18(17)22;/h4-5,12,14-15,23H,2-3,6-11,13H2,1H3;1H. The lowest BCUT2D eigenvalue weighted by atomic mass is 9.85. The fraction of sp³-hybridized carbons (Fsp3) is 0.600. The molecule has 0 aromatic heterocycles. The van der Waals surface area contributed by atoms with Crippen LogP contribution in [-0.2, 0) is 4.79 Å². The van der Waals surface area contributed by atoms with Gasteiger partial charge in [-0.1, -0.05) is 6.92 Å². The van der Waals surface area contributed by atoms with Crippen LogP contribution in [0.25, 0.3) is 0 Å². The van der Waals surface area contributed by atoms with Crippen molar-refractivity contribution in [1.82, 2.24) is 15.1 Å². The lowest BCUT2D eigenvalue weighted by molar-refractivity contribution is -0.134. The highest BCUT2D eigenvalue weighted by Crippen LogP contribution is 2.23. The highest BCUT2D eigenvalue weighted by molar-refractivity contribution is 5.94. The van der Waals surface area contributed by atoms with Crippen molar-refractivity contribution in [2.24, 2.45) is 11.8 Å². The first-order valence-electron chi connectivity index (χ1n) is 9.68. The molecule has 2 aliphatic rings. The number of hydrogen-bond acceptors (Lipinski definition) is 3. The first-order valence-corrected chi connectivity index (χ1v) is 9.68. The molecule has 2 fully saturated rings. The molecular weight excluding hydrogens is 388 g/mol. The van der Waals surface area contributed by atoms with Crippen molar-refractivity contribution in [3.05, 3.63) is 35.4 Å². The minimum Gasteiger partial charge on any atom is -0.339 e. The van der Waals surface area contributed by atoms with E-state index in [0.717, 1.165) is 32.0 Å². The van der Waals surface area contributed by atoms with Gasteiger partial charge in [-0.3, -0.25) is 9.59 Å². The molecule has 8 heteroatoms. The third-order valence-electron chi connectivity index (χ3n) is 5.72. The molecule has 2 unspecified atom stereocenters. The number of rotatable bonds is 4. The van der Waals surface area contributed by atoms with Crippen LogP contribution < -0.4 is 5.32 Å². The van der Waals surface area contributed by atoms with Crippen molar-refractivity contribution in [2.75, 3.05) is 39.3 Å². The lowest BCUT2D eigenvalue weighted by Crippen LogP contribution is -2.51. The molecule has 1 N–H and O–H groups in total. The van der Waals surface area contributed by atoms with Crippen molar-refractivity contribution < 1.29 is 18.4 Å². The van der Waals surface area contributed by atoms with E-state index in [1.165, 1.54) is 11.0 Å². The Balaban J connectivity index is 0.00000280. The summed E-state index contributed by atoms with van der Waals surface area (Å²) in [4.78, 5) is 28.3. The Hall–Kier alpha value is -1.73. The molecule has 5 nitrogen and oxygen atoms in total. The number of carbonyl (C=O) groups is 2. The summed E-state index contributed by atoms with van der Waals surface area (Å²) >= 11 is 0. The highest BCUT2D eigenvalue weighted by atomic mass is 35.5. The maximum atomic E-state index is 13.8. The SMILES string of the molecule is CC(CC(=O)N1CCN(C(=O)c2ccc(F)cc2F)CC1)C1CCCNC1.Cl. The number of nitrogens with one attached hydrogen (secondary N) is 1. The van der Waals surface area contributed by atoms with E-state index >= 15 is 0 Å². The Kier molecular flexibility index (Phi) is 8.19. The maximum Gasteiger partial charge on any atom is 0.256 e. The van der Waals surface area contributed by atoms with E-state index in [4.69, 9.17) is 0 Å². The maximum absolute atomic E-state index is 13.8. The monoisotopic (exact) mass is 415 g/mol. The van der Waals surface area contributed by atoms with Gasteiger partial charge in [0, 0.05) is 38.7 Å². The zero-order valence-electron chi connectivity index (χ0n) is 16.1. The van der Waals surface area contributed by atoms with E-state index in [-0.39, 0.29) is 23.9 Å². The molecule has 2 aliphatic heterocycles. The number of piperidine rings is 1. The van der Waals surface area contributed by atoms with E-state index in [1.54, 1.807) is 4.90 Å². The van der Waals surface area contributed by atoms with Crippen LogP contribution in [0.15, 0.2) is 18.2 Å². The molecule has 2 amide bonds. The van der Waals surface area contributed by atoms with Crippen LogP contribution >= 0.6 is 12.4 Å². The Morgan fingerprint density at radius 3 is 2.46 bits per heavy atom. The lowest BCUT2D eigenvalue weighted by Gasteiger charge is -2.36. The Bertz CT molecular complexity index is 690. The van der Waals surface area contributed by atoms with Gasteiger partial charge in [0.25, 0.3) is 5.91 Å². The topological polar surface area (TPSA) is 52.7 Å². The summed E-state index contributed by atoms with van der Waals surface area (Å²) in [7, 11) is 0. The van der Waals surface area contributed by atoms with Gasteiger partial charge in [0.1, 0.15) is 11.6 Å². The van der Waals surface area contributed by atoms with Crippen molar-refractivity contribution in [1.29, 1.82) is 0 Å². The molecule has 28 heavy (non-hydrogen) atoms. The summed E-state index contributed by atoms with van der Waals surface area (Å²) in [5.41, 5.74) is -0.130. The van der Waals surface area contributed by atoms with Gasteiger partial charge in [-0.25, -0.2) is 8.78 Å². The van der Waals surface area contributed by atoms with Crippen molar-refractivity contribution in [3.8, 4) is 0 Å². The first-order chi connectivity index (χ1) is 13.0. The highest BCUT2D eigenvalue weighted by Gasteiger charge is 2.28. The summed E-state index contributed by atoms with van der Waals surface area (Å²) in [6.45, 7) is 5.78. The van der Waals surface area contributed by atoms with E-state index in [1.807, 2.05) is 0 Å². The predicted molar refractivity (Wildman–Crippen MR) is 105 cm³/mol. The van der Waals surface area contributed by atoms with Gasteiger partial charge in [0.05, 0.1) is 5.56 Å². The largest absolute Gasteiger partial charge is 0.339 e. The van der Waals surface area contributed by atoms with E-state index in [2.05, 4.69) is 12.2 Å². The first kappa shape index (κ1) is 22.6. The Labute approximate surface area is 170 Å².